The third-order valence-corrected chi connectivity index (χ3v) is 5.22. The van der Waals surface area contributed by atoms with Crippen molar-refractivity contribution in [2.24, 2.45) is 11.8 Å². The minimum Gasteiger partial charge on any atom is -0.306 e. The van der Waals surface area contributed by atoms with Crippen LogP contribution in [0.2, 0.25) is 0 Å². The second-order valence-electron chi connectivity index (χ2n) is 5.21. The van der Waals surface area contributed by atoms with E-state index in [1.807, 2.05) is 5.51 Å². The van der Waals surface area contributed by atoms with Crippen molar-refractivity contribution in [2.45, 2.75) is 52.6 Å². The molecule has 0 amide bonds. The van der Waals surface area contributed by atoms with Gasteiger partial charge in [0.25, 0.3) is 0 Å². The SMILES string of the molecule is Cc1ncsc1C(C)NC1CCC(C)C1C. The van der Waals surface area contributed by atoms with Gasteiger partial charge in [-0.05, 0) is 38.5 Å². The summed E-state index contributed by atoms with van der Waals surface area (Å²) in [6.45, 7) is 9.11. The molecule has 1 aliphatic rings. The molecule has 0 radical (unpaired) electrons. The van der Waals surface area contributed by atoms with E-state index in [9.17, 15) is 0 Å². The molecule has 4 unspecified atom stereocenters. The lowest BCUT2D eigenvalue weighted by molar-refractivity contribution is 0.348. The Morgan fingerprint density at radius 3 is 2.69 bits per heavy atom. The highest BCUT2D eigenvalue weighted by atomic mass is 32.1. The lowest BCUT2D eigenvalue weighted by atomic mass is 9.97. The Labute approximate surface area is 102 Å². The molecule has 0 aromatic carbocycles. The first-order valence-corrected chi connectivity index (χ1v) is 7.13. The Morgan fingerprint density at radius 2 is 2.19 bits per heavy atom. The van der Waals surface area contributed by atoms with Crippen molar-refractivity contribution in [3.63, 3.8) is 0 Å². The van der Waals surface area contributed by atoms with E-state index >= 15 is 0 Å². The maximum absolute atomic E-state index is 4.32. The summed E-state index contributed by atoms with van der Waals surface area (Å²) in [6.07, 6.45) is 2.69. The van der Waals surface area contributed by atoms with Gasteiger partial charge in [0.05, 0.1) is 11.2 Å². The molecule has 1 aliphatic carbocycles. The van der Waals surface area contributed by atoms with Gasteiger partial charge in [-0.2, -0.15) is 0 Å². The summed E-state index contributed by atoms with van der Waals surface area (Å²) in [5, 5.41) is 3.77. The molecule has 1 heterocycles. The van der Waals surface area contributed by atoms with Crippen molar-refractivity contribution >= 4 is 11.3 Å². The van der Waals surface area contributed by atoms with E-state index in [-0.39, 0.29) is 0 Å². The van der Waals surface area contributed by atoms with Crippen molar-refractivity contribution < 1.29 is 0 Å². The smallest absolute Gasteiger partial charge is 0.0798 e. The summed E-state index contributed by atoms with van der Waals surface area (Å²) in [5.41, 5.74) is 3.13. The number of nitrogens with one attached hydrogen (secondary N) is 1. The van der Waals surface area contributed by atoms with E-state index in [0.29, 0.717) is 12.1 Å². The number of hydrogen-bond donors (Lipinski definition) is 1. The Hall–Kier alpha value is -0.410. The molecule has 1 saturated carbocycles. The van der Waals surface area contributed by atoms with E-state index < -0.39 is 0 Å². The number of nitrogens with zero attached hydrogens (tertiary/aromatic N) is 1. The van der Waals surface area contributed by atoms with Crippen molar-refractivity contribution in [1.82, 2.24) is 10.3 Å². The average molecular weight is 238 g/mol. The highest BCUT2D eigenvalue weighted by Crippen LogP contribution is 2.33. The van der Waals surface area contributed by atoms with Gasteiger partial charge in [0.1, 0.15) is 0 Å². The zero-order valence-corrected chi connectivity index (χ0v) is 11.5. The Balaban J connectivity index is 1.98. The van der Waals surface area contributed by atoms with Crippen LogP contribution in [-0.2, 0) is 0 Å². The van der Waals surface area contributed by atoms with Crippen LogP contribution in [0.25, 0.3) is 0 Å². The molecule has 1 aromatic heterocycles. The third-order valence-electron chi connectivity index (χ3n) is 4.11. The van der Waals surface area contributed by atoms with Gasteiger partial charge in [-0.25, -0.2) is 4.98 Å². The zero-order valence-electron chi connectivity index (χ0n) is 10.7. The first-order chi connectivity index (χ1) is 7.59. The highest BCUT2D eigenvalue weighted by Gasteiger charge is 2.30. The van der Waals surface area contributed by atoms with E-state index in [1.54, 1.807) is 11.3 Å². The first-order valence-electron chi connectivity index (χ1n) is 6.25. The molecule has 1 N–H and O–H groups in total. The molecule has 2 nitrogen and oxygen atoms in total. The summed E-state index contributed by atoms with van der Waals surface area (Å²) in [5.74, 6) is 1.67. The van der Waals surface area contributed by atoms with Crippen LogP contribution in [-0.4, -0.2) is 11.0 Å². The molecule has 4 atom stereocenters. The Morgan fingerprint density at radius 1 is 1.44 bits per heavy atom. The van der Waals surface area contributed by atoms with Crippen LogP contribution in [0.15, 0.2) is 5.51 Å². The van der Waals surface area contributed by atoms with Crippen LogP contribution in [0.4, 0.5) is 0 Å². The lowest BCUT2D eigenvalue weighted by Crippen LogP contribution is -2.34. The van der Waals surface area contributed by atoms with Crippen molar-refractivity contribution in [3.8, 4) is 0 Å². The van der Waals surface area contributed by atoms with Crippen molar-refractivity contribution in [2.75, 3.05) is 0 Å². The summed E-state index contributed by atoms with van der Waals surface area (Å²) in [6, 6.07) is 1.14. The number of hydrogen-bond acceptors (Lipinski definition) is 3. The fraction of sp³-hybridized carbons (Fsp3) is 0.769. The average Bonchev–Trinajstić information content (AvgIpc) is 2.79. The van der Waals surface area contributed by atoms with Crippen LogP contribution >= 0.6 is 11.3 Å². The fourth-order valence-corrected chi connectivity index (χ4v) is 3.54. The van der Waals surface area contributed by atoms with Gasteiger partial charge in [0, 0.05) is 17.0 Å². The Kier molecular flexibility index (Phi) is 3.65. The van der Waals surface area contributed by atoms with Gasteiger partial charge in [-0.3, -0.25) is 0 Å². The molecule has 1 fully saturated rings. The second-order valence-corrected chi connectivity index (χ2v) is 6.10. The predicted octanol–water partition coefficient (Wildman–Crippen LogP) is 3.54. The number of rotatable bonds is 3. The molecular weight excluding hydrogens is 216 g/mol. The van der Waals surface area contributed by atoms with Gasteiger partial charge < -0.3 is 5.32 Å². The van der Waals surface area contributed by atoms with Gasteiger partial charge >= 0.3 is 0 Å². The van der Waals surface area contributed by atoms with Crippen LogP contribution < -0.4 is 5.32 Å². The third kappa shape index (κ3) is 2.30. The van der Waals surface area contributed by atoms with Gasteiger partial charge in [0.2, 0.25) is 0 Å². The van der Waals surface area contributed by atoms with Crippen LogP contribution in [0.5, 0.6) is 0 Å². The topological polar surface area (TPSA) is 24.9 Å². The van der Waals surface area contributed by atoms with E-state index in [4.69, 9.17) is 0 Å². The molecular formula is C13H22N2S. The minimum atomic E-state index is 0.449. The van der Waals surface area contributed by atoms with E-state index in [1.165, 1.54) is 23.4 Å². The monoisotopic (exact) mass is 238 g/mol. The zero-order chi connectivity index (χ0) is 11.7. The molecule has 0 bridgehead atoms. The maximum Gasteiger partial charge on any atom is 0.0798 e. The first kappa shape index (κ1) is 12.1. The number of thiazole rings is 1. The Bertz CT molecular complexity index is 347. The summed E-state index contributed by atoms with van der Waals surface area (Å²) in [4.78, 5) is 5.72. The lowest BCUT2D eigenvalue weighted by Gasteiger charge is -2.23. The summed E-state index contributed by atoms with van der Waals surface area (Å²) < 4.78 is 0. The van der Waals surface area contributed by atoms with E-state index in [2.05, 4.69) is 38.0 Å². The standard InChI is InChI=1S/C13H22N2S/c1-8-5-6-12(9(8)2)15-11(4)13-10(3)14-7-16-13/h7-9,11-12,15H,5-6H2,1-4H3. The van der Waals surface area contributed by atoms with Crippen molar-refractivity contribution in [3.05, 3.63) is 16.1 Å². The summed E-state index contributed by atoms with van der Waals surface area (Å²) >= 11 is 1.77. The number of aryl methyl sites for hydroxylation is 1. The van der Waals surface area contributed by atoms with Crippen LogP contribution in [0, 0.1) is 18.8 Å². The number of aromatic nitrogens is 1. The largest absolute Gasteiger partial charge is 0.306 e. The van der Waals surface area contributed by atoms with Crippen LogP contribution in [0.3, 0.4) is 0 Å². The normalized spacial score (nSPS) is 31.9. The molecule has 0 spiro atoms. The maximum atomic E-state index is 4.32. The predicted molar refractivity (Wildman–Crippen MR) is 69.8 cm³/mol. The van der Waals surface area contributed by atoms with Gasteiger partial charge in [0.15, 0.2) is 0 Å². The van der Waals surface area contributed by atoms with E-state index in [0.717, 1.165) is 11.8 Å². The van der Waals surface area contributed by atoms with Gasteiger partial charge in [-0.1, -0.05) is 13.8 Å². The van der Waals surface area contributed by atoms with Gasteiger partial charge in [-0.15, -0.1) is 11.3 Å². The molecule has 16 heavy (non-hydrogen) atoms. The molecule has 90 valence electrons. The fourth-order valence-electron chi connectivity index (χ4n) is 2.72. The quantitative estimate of drug-likeness (QED) is 0.871. The molecule has 2 rings (SSSR count). The molecule has 0 saturated heterocycles. The second kappa shape index (κ2) is 4.84. The van der Waals surface area contributed by atoms with Crippen molar-refractivity contribution in [1.29, 1.82) is 0 Å². The molecule has 3 heteroatoms. The molecule has 1 aromatic rings. The highest BCUT2D eigenvalue weighted by molar-refractivity contribution is 7.09. The van der Waals surface area contributed by atoms with Crippen LogP contribution in [0.1, 0.15) is 50.2 Å². The minimum absolute atomic E-state index is 0.449. The summed E-state index contributed by atoms with van der Waals surface area (Å²) in [7, 11) is 0. The molecule has 0 aliphatic heterocycles.